The summed E-state index contributed by atoms with van der Waals surface area (Å²) in [5.41, 5.74) is 9.38. The lowest BCUT2D eigenvalue weighted by Crippen LogP contribution is -2.04. The fourth-order valence-electron chi connectivity index (χ4n) is 1.84. The van der Waals surface area contributed by atoms with Gasteiger partial charge in [0.15, 0.2) is 0 Å². The van der Waals surface area contributed by atoms with E-state index in [2.05, 4.69) is 70.5 Å². The molecule has 1 aromatic heterocycles. The van der Waals surface area contributed by atoms with E-state index in [0.29, 0.717) is 11.7 Å². The maximum atomic E-state index is 6.16. The van der Waals surface area contributed by atoms with E-state index in [0.717, 1.165) is 25.0 Å². The molecule has 0 aliphatic heterocycles. The van der Waals surface area contributed by atoms with Crippen LogP contribution in [0.25, 0.3) is 5.69 Å². The number of rotatable bonds is 2. The molecule has 0 atom stereocenters. The standard InChI is InChI=1S/C13H15BrIN3/c1-7(2)12-11(15)13(16)18(17-12)10-5-4-9(14)6-8(10)3/h4-7H,16H2,1-3H3. The van der Waals surface area contributed by atoms with E-state index < -0.39 is 0 Å². The van der Waals surface area contributed by atoms with Crippen molar-refractivity contribution in [2.45, 2.75) is 26.7 Å². The van der Waals surface area contributed by atoms with E-state index in [1.54, 1.807) is 0 Å². The maximum Gasteiger partial charge on any atom is 0.141 e. The summed E-state index contributed by atoms with van der Waals surface area (Å²) in [5.74, 6) is 1.08. The van der Waals surface area contributed by atoms with Crippen LogP contribution in [0.1, 0.15) is 31.0 Å². The van der Waals surface area contributed by atoms with Crippen molar-refractivity contribution in [2.24, 2.45) is 0 Å². The second kappa shape index (κ2) is 5.21. The Balaban J connectivity index is 2.61. The molecule has 96 valence electrons. The highest BCUT2D eigenvalue weighted by Crippen LogP contribution is 2.29. The van der Waals surface area contributed by atoms with Gasteiger partial charge in [0.25, 0.3) is 0 Å². The molecule has 0 fully saturated rings. The molecule has 0 aliphatic rings. The predicted octanol–water partition coefficient (Wildman–Crippen LogP) is 4.25. The Kier molecular flexibility index (Phi) is 4.01. The number of nitrogens with two attached hydrogens (primary N) is 1. The number of halogens is 2. The molecule has 0 saturated heterocycles. The van der Waals surface area contributed by atoms with E-state index in [1.807, 2.05) is 16.8 Å². The van der Waals surface area contributed by atoms with E-state index in [4.69, 9.17) is 5.73 Å². The molecule has 0 bridgehead atoms. The molecule has 2 rings (SSSR count). The lowest BCUT2D eigenvalue weighted by molar-refractivity contribution is 0.767. The number of nitrogens with zero attached hydrogens (tertiary/aromatic N) is 2. The summed E-state index contributed by atoms with van der Waals surface area (Å²) in [6, 6.07) is 6.10. The summed E-state index contributed by atoms with van der Waals surface area (Å²) in [4.78, 5) is 0. The van der Waals surface area contributed by atoms with Gasteiger partial charge in [-0.25, -0.2) is 4.68 Å². The van der Waals surface area contributed by atoms with E-state index in [9.17, 15) is 0 Å². The number of aromatic nitrogens is 2. The summed E-state index contributed by atoms with van der Waals surface area (Å²) in [5, 5.41) is 4.64. The van der Waals surface area contributed by atoms with Crippen molar-refractivity contribution in [1.29, 1.82) is 0 Å². The van der Waals surface area contributed by atoms with Crippen LogP contribution in [0.3, 0.4) is 0 Å². The summed E-state index contributed by atoms with van der Waals surface area (Å²) >= 11 is 5.74. The monoisotopic (exact) mass is 419 g/mol. The largest absolute Gasteiger partial charge is 0.383 e. The Morgan fingerprint density at radius 2 is 2.06 bits per heavy atom. The molecule has 0 radical (unpaired) electrons. The number of benzene rings is 1. The zero-order chi connectivity index (χ0) is 13.4. The Hall–Kier alpha value is -0.560. The third kappa shape index (κ3) is 2.42. The normalized spacial score (nSPS) is 11.2. The summed E-state index contributed by atoms with van der Waals surface area (Å²) in [6.07, 6.45) is 0. The van der Waals surface area contributed by atoms with E-state index in [-0.39, 0.29) is 0 Å². The van der Waals surface area contributed by atoms with Gasteiger partial charge in [-0.1, -0.05) is 29.8 Å². The Bertz CT molecular complexity index is 590. The lowest BCUT2D eigenvalue weighted by atomic mass is 10.1. The van der Waals surface area contributed by atoms with Gasteiger partial charge in [0.05, 0.1) is 15.0 Å². The van der Waals surface area contributed by atoms with Crippen molar-refractivity contribution < 1.29 is 0 Å². The zero-order valence-corrected chi connectivity index (χ0v) is 14.3. The number of anilines is 1. The van der Waals surface area contributed by atoms with Gasteiger partial charge in [0.1, 0.15) is 5.82 Å². The van der Waals surface area contributed by atoms with Crippen molar-refractivity contribution >= 4 is 44.3 Å². The van der Waals surface area contributed by atoms with E-state index >= 15 is 0 Å². The van der Waals surface area contributed by atoms with Crippen LogP contribution in [0.5, 0.6) is 0 Å². The zero-order valence-electron chi connectivity index (χ0n) is 10.5. The lowest BCUT2D eigenvalue weighted by Gasteiger charge is -2.08. The molecular weight excluding hydrogens is 405 g/mol. The highest BCUT2D eigenvalue weighted by atomic mass is 127. The molecule has 0 amide bonds. The first-order valence-electron chi connectivity index (χ1n) is 5.72. The van der Waals surface area contributed by atoms with Gasteiger partial charge in [0, 0.05) is 4.47 Å². The molecule has 0 unspecified atom stereocenters. The van der Waals surface area contributed by atoms with Gasteiger partial charge in [-0.15, -0.1) is 0 Å². The quantitative estimate of drug-likeness (QED) is 0.739. The summed E-state index contributed by atoms with van der Waals surface area (Å²) < 4.78 is 3.94. The molecular formula is C13H15BrIN3. The Morgan fingerprint density at radius 1 is 1.39 bits per heavy atom. The molecule has 0 aliphatic carbocycles. The Labute approximate surface area is 129 Å². The van der Waals surface area contributed by atoms with Crippen molar-refractivity contribution in [2.75, 3.05) is 5.73 Å². The van der Waals surface area contributed by atoms with Crippen LogP contribution in [-0.4, -0.2) is 9.78 Å². The third-order valence-corrected chi connectivity index (χ3v) is 4.42. The van der Waals surface area contributed by atoms with Gasteiger partial charge in [-0.2, -0.15) is 5.10 Å². The highest BCUT2D eigenvalue weighted by Gasteiger charge is 2.17. The minimum Gasteiger partial charge on any atom is -0.383 e. The molecule has 5 heteroatoms. The second-order valence-corrected chi connectivity index (χ2v) is 6.58. The first-order valence-corrected chi connectivity index (χ1v) is 7.59. The molecule has 2 aromatic rings. The van der Waals surface area contributed by atoms with Crippen molar-refractivity contribution in [3.8, 4) is 5.69 Å². The molecule has 1 aromatic carbocycles. The molecule has 0 saturated carbocycles. The molecule has 18 heavy (non-hydrogen) atoms. The fourth-order valence-corrected chi connectivity index (χ4v) is 3.27. The number of hydrogen-bond donors (Lipinski definition) is 1. The average Bonchev–Trinajstić information content (AvgIpc) is 2.57. The van der Waals surface area contributed by atoms with Crippen LogP contribution < -0.4 is 5.73 Å². The van der Waals surface area contributed by atoms with Crippen LogP contribution in [0.2, 0.25) is 0 Å². The number of aryl methyl sites for hydroxylation is 1. The van der Waals surface area contributed by atoms with Crippen LogP contribution in [0.4, 0.5) is 5.82 Å². The minimum absolute atomic E-state index is 0.371. The highest BCUT2D eigenvalue weighted by molar-refractivity contribution is 14.1. The SMILES string of the molecule is Cc1cc(Br)ccc1-n1nc(C(C)C)c(I)c1N. The summed E-state index contributed by atoms with van der Waals surface area (Å²) in [7, 11) is 0. The average molecular weight is 420 g/mol. The maximum absolute atomic E-state index is 6.16. The first kappa shape index (κ1) is 13.9. The molecule has 3 nitrogen and oxygen atoms in total. The van der Waals surface area contributed by atoms with Crippen molar-refractivity contribution in [3.63, 3.8) is 0 Å². The van der Waals surface area contributed by atoms with Crippen molar-refractivity contribution in [3.05, 3.63) is 37.5 Å². The van der Waals surface area contributed by atoms with Crippen LogP contribution >= 0.6 is 38.5 Å². The Morgan fingerprint density at radius 3 is 2.56 bits per heavy atom. The van der Waals surface area contributed by atoms with Gasteiger partial charge in [-0.3, -0.25) is 0 Å². The van der Waals surface area contributed by atoms with Gasteiger partial charge in [-0.05, 0) is 59.2 Å². The summed E-state index contributed by atoms with van der Waals surface area (Å²) in [6.45, 7) is 6.31. The van der Waals surface area contributed by atoms with Gasteiger partial charge < -0.3 is 5.73 Å². The van der Waals surface area contributed by atoms with Crippen molar-refractivity contribution in [1.82, 2.24) is 9.78 Å². The molecule has 1 heterocycles. The third-order valence-electron chi connectivity index (χ3n) is 2.82. The molecule has 2 N–H and O–H groups in total. The number of hydrogen-bond acceptors (Lipinski definition) is 2. The van der Waals surface area contributed by atoms with Gasteiger partial charge in [0.2, 0.25) is 0 Å². The topological polar surface area (TPSA) is 43.8 Å². The van der Waals surface area contributed by atoms with Crippen LogP contribution in [0.15, 0.2) is 22.7 Å². The van der Waals surface area contributed by atoms with Crippen LogP contribution in [0, 0.1) is 10.5 Å². The second-order valence-electron chi connectivity index (χ2n) is 4.58. The van der Waals surface area contributed by atoms with Gasteiger partial charge >= 0.3 is 0 Å². The molecule has 0 spiro atoms. The number of nitrogen functional groups attached to an aromatic ring is 1. The predicted molar refractivity (Wildman–Crippen MR) is 87.2 cm³/mol. The fraction of sp³-hybridized carbons (Fsp3) is 0.308. The van der Waals surface area contributed by atoms with E-state index in [1.165, 1.54) is 0 Å². The first-order chi connectivity index (χ1) is 8.41. The minimum atomic E-state index is 0.371. The smallest absolute Gasteiger partial charge is 0.141 e. The van der Waals surface area contributed by atoms with Crippen LogP contribution in [-0.2, 0) is 0 Å².